The zero-order chi connectivity index (χ0) is 20.2. The molecule has 1 fully saturated rings. The number of nitrogens with one attached hydrogen (secondary N) is 1. The molecule has 1 heterocycles. The fraction of sp³-hybridized carbons (Fsp3) is 0.556. The molecule has 9 heteroatoms. The van der Waals surface area contributed by atoms with Crippen LogP contribution in [0.1, 0.15) is 35.7 Å². The van der Waals surface area contributed by atoms with Crippen molar-refractivity contribution in [2.75, 3.05) is 33.4 Å². The number of aryl methyl sites for hydroxylation is 1. The smallest absolute Gasteiger partial charge is 0.311 e. The van der Waals surface area contributed by atoms with Gasteiger partial charge in [0.15, 0.2) is 0 Å². The molecule has 1 aliphatic heterocycles. The number of likely N-dealkylation sites (tertiary alicyclic amines) is 1. The van der Waals surface area contributed by atoms with E-state index in [1.54, 1.807) is 19.9 Å². The summed E-state index contributed by atoms with van der Waals surface area (Å²) in [5.74, 6) is -1.29. The molecule has 8 nitrogen and oxygen atoms in total. The van der Waals surface area contributed by atoms with E-state index >= 15 is 0 Å². The zero-order valence-electron chi connectivity index (χ0n) is 15.8. The molecule has 1 unspecified atom stereocenters. The number of carboxylic acids is 1. The molecule has 0 bridgehead atoms. The first kappa shape index (κ1) is 21.3. The number of sulfonamides is 1. The van der Waals surface area contributed by atoms with Crippen molar-refractivity contribution in [1.82, 2.24) is 9.62 Å². The Balaban J connectivity index is 2.27. The monoisotopic (exact) mass is 398 g/mol. The van der Waals surface area contributed by atoms with E-state index in [0.717, 1.165) is 0 Å². The van der Waals surface area contributed by atoms with Gasteiger partial charge in [-0.15, -0.1) is 0 Å². The molecule has 1 saturated heterocycles. The summed E-state index contributed by atoms with van der Waals surface area (Å²) in [7, 11) is -2.29. The molecule has 1 atom stereocenters. The first-order valence-electron chi connectivity index (χ1n) is 8.73. The van der Waals surface area contributed by atoms with E-state index in [-0.39, 0.29) is 36.1 Å². The third kappa shape index (κ3) is 4.85. The lowest BCUT2D eigenvalue weighted by Gasteiger charge is -2.37. The van der Waals surface area contributed by atoms with Crippen molar-refractivity contribution in [2.24, 2.45) is 5.41 Å². The summed E-state index contributed by atoms with van der Waals surface area (Å²) in [5, 5.41) is 9.44. The van der Waals surface area contributed by atoms with Gasteiger partial charge in [-0.3, -0.25) is 9.59 Å². The van der Waals surface area contributed by atoms with Crippen LogP contribution >= 0.6 is 0 Å². The topological polar surface area (TPSA) is 113 Å². The van der Waals surface area contributed by atoms with Gasteiger partial charge in [0.05, 0.1) is 16.9 Å². The minimum absolute atomic E-state index is 0.00874. The van der Waals surface area contributed by atoms with Crippen molar-refractivity contribution < 1.29 is 27.9 Å². The van der Waals surface area contributed by atoms with Gasteiger partial charge in [0, 0.05) is 32.3 Å². The van der Waals surface area contributed by atoms with Gasteiger partial charge >= 0.3 is 5.97 Å². The second-order valence-corrected chi connectivity index (χ2v) is 8.83. The third-order valence-electron chi connectivity index (χ3n) is 4.85. The largest absolute Gasteiger partial charge is 0.481 e. The van der Waals surface area contributed by atoms with Crippen molar-refractivity contribution in [2.45, 2.75) is 31.6 Å². The minimum Gasteiger partial charge on any atom is -0.481 e. The second-order valence-electron chi connectivity index (χ2n) is 7.06. The highest BCUT2D eigenvalue weighted by molar-refractivity contribution is 7.89. The molecule has 1 amide bonds. The van der Waals surface area contributed by atoms with Crippen molar-refractivity contribution in [3.63, 3.8) is 0 Å². The molecule has 1 aromatic carbocycles. The minimum atomic E-state index is -3.77. The molecular weight excluding hydrogens is 372 g/mol. The SMILES string of the molecule is COCCNS(=O)(=O)c1ccc(C)c(C(=O)N2CCCC(C)(C(=O)O)C2)c1. The number of amides is 1. The van der Waals surface area contributed by atoms with Crippen LogP contribution in [-0.2, 0) is 19.6 Å². The van der Waals surface area contributed by atoms with Crippen LogP contribution in [0.5, 0.6) is 0 Å². The number of carboxylic acid groups (broad SMARTS) is 1. The maximum Gasteiger partial charge on any atom is 0.311 e. The summed E-state index contributed by atoms with van der Waals surface area (Å²) in [5.41, 5.74) is -0.0922. The first-order chi connectivity index (χ1) is 12.6. The number of rotatable bonds is 7. The standard InChI is InChI=1S/C18H26N2O6S/c1-13-5-6-14(27(24,25)19-8-10-26-3)11-15(13)16(21)20-9-4-7-18(2,12-20)17(22)23/h5-6,11,19H,4,7-10,12H2,1-3H3,(H,22,23). The maximum atomic E-state index is 13.0. The van der Waals surface area contributed by atoms with Gasteiger partial charge in [0.1, 0.15) is 0 Å². The van der Waals surface area contributed by atoms with E-state index in [1.807, 2.05) is 0 Å². The average molecular weight is 398 g/mol. The molecular formula is C18H26N2O6S. The van der Waals surface area contributed by atoms with Crippen molar-refractivity contribution in [3.05, 3.63) is 29.3 Å². The van der Waals surface area contributed by atoms with Gasteiger partial charge in [-0.05, 0) is 44.4 Å². The Kier molecular flexibility index (Phi) is 6.61. The third-order valence-corrected chi connectivity index (χ3v) is 6.31. The van der Waals surface area contributed by atoms with Gasteiger partial charge in [-0.25, -0.2) is 13.1 Å². The van der Waals surface area contributed by atoms with Crippen molar-refractivity contribution >= 4 is 21.9 Å². The van der Waals surface area contributed by atoms with Crippen LogP contribution in [0.4, 0.5) is 0 Å². The molecule has 2 N–H and O–H groups in total. The van der Waals surface area contributed by atoms with Gasteiger partial charge in [-0.2, -0.15) is 0 Å². The van der Waals surface area contributed by atoms with E-state index in [4.69, 9.17) is 4.74 Å². The van der Waals surface area contributed by atoms with Crippen LogP contribution in [0, 0.1) is 12.3 Å². The summed E-state index contributed by atoms with van der Waals surface area (Å²) >= 11 is 0. The number of ether oxygens (including phenoxy) is 1. The molecule has 27 heavy (non-hydrogen) atoms. The summed E-state index contributed by atoms with van der Waals surface area (Å²) in [6.45, 7) is 4.26. The Morgan fingerprint density at radius 1 is 1.37 bits per heavy atom. The lowest BCUT2D eigenvalue weighted by Crippen LogP contribution is -2.48. The average Bonchev–Trinajstić information content (AvgIpc) is 2.61. The highest BCUT2D eigenvalue weighted by Crippen LogP contribution is 2.31. The molecule has 1 aromatic rings. The lowest BCUT2D eigenvalue weighted by atomic mass is 9.82. The van der Waals surface area contributed by atoms with Gasteiger partial charge in [0.25, 0.3) is 5.91 Å². The highest BCUT2D eigenvalue weighted by Gasteiger charge is 2.39. The van der Waals surface area contributed by atoms with Crippen molar-refractivity contribution in [1.29, 1.82) is 0 Å². The molecule has 0 saturated carbocycles. The van der Waals surface area contributed by atoms with Crippen LogP contribution < -0.4 is 4.72 Å². The first-order valence-corrected chi connectivity index (χ1v) is 10.2. The van der Waals surface area contributed by atoms with E-state index in [9.17, 15) is 23.1 Å². The van der Waals surface area contributed by atoms with E-state index in [2.05, 4.69) is 4.72 Å². The Hall–Kier alpha value is -1.97. The fourth-order valence-corrected chi connectivity index (χ4v) is 4.16. The number of methoxy groups -OCH3 is 1. The molecule has 0 radical (unpaired) electrons. The number of aliphatic carboxylic acids is 1. The number of hydrogen-bond donors (Lipinski definition) is 2. The Bertz CT molecular complexity index is 823. The maximum absolute atomic E-state index is 13.0. The molecule has 0 aliphatic carbocycles. The van der Waals surface area contributed by atoms with Crippen LogP contribution in [-0.4, -0.2) is 63.7 Å². The van der Waals surface area contributed by atoms with E-state index in [1.165, 1.54) is 24.1 Å². The Morgan fingerprint density at radius 3 is 2.70 bits per heavy atom. The Labute approximate surface area is 159 Å². The Morgan fingerprint density at radius 2 is 2.07 bits per heavy atom. The second kappa shape index (κ2) is 8.37. The summed E-state index contributed by atoms with van der Waals surface area (Å²) in [6, 6.07) is 4.37. The number of hydrogen-bond acceptors (Lipinski definition) is 5. The quantitative estimate of drug-likeness (QED) is 0.669. The normalized spacial score (nSPS) is 20.5. The van der Waals surface area contributed by atoms with Gasteiger partial charge in [0.2, 0.25) is 10.0 Å². The number of carbonyl (C=O) groups excluding carboxylic acids is 1. The number of nitrogens with zero attached hydrogens (tertiary/aromatic N) is 1. The van der Waals surface area contributed by atoms with Crippen LogP contribution in [0.15, 0.2) is 23.1 Å². The van der Waals surface area contributed by atoms with E-state index in [0.29, 0.717) is 24.9 Å². The van der Waals surface area contributed by atoms with Crippen LogP contribution in [0.2, 0.25) is 0 Å². The fourth-order valence-electron chi connectivity index (χ4n) is 3.12. The number of carbonyl (C=O) groups is 2. The molecule has 0 aromatic heterocycles. The lowest BCUT2D eigenvalue weighted by molar-refractivity contribution is -0.150. The van der Waals surface area contributed by atoms with Crippen LogP contribution in [0.25, 0.3) is 0 Å². The summed E-state index contributed by atoms with van der Waals surface area (Å²) < 4.78 is 32.0. The van der Waals surface area contributed by atoms with E-state index < -0.39 is 21.4 Å². The van der Waals surface area contributed by atoms with Crippen molar-refractivity contribution in [3.8, 4) is 0 Å². The number of piperidine rings is 1. The number of benzene rings is 1. The molecule has 150 valence electrons. The summed E-state index contributed by atoms with van der Waals surface area (Å²) in [6.07, 6.45) is 1.09. The van der Waals surface area contributed by atoms with Gasteiger partial charge in [-0.1, -0.05) is 6.07 Å². The highest BCUT2D eigenvalue weighted by atomic mass is 32.2. The molecule has 1 aliphatic rings. The molecule has 0 spiro atoms. The predicted molar refractivity (Wildman–Crippen MR) is 99.1 cm³/mol. The van der Waals surface area contributed by atoms with Gasteiger partial charge < -0.3 is 14.7 Å². The molecule has 2 rings (SSSR count). The predicted octanol–water partition coefficient (Wildman–Crippen LogP) is 1.25. The zero-order valence-corrected chi connectivity index (χ0v) is 16.6. The summed E-state index contributed by atoms with van der Waals surface area (Å²) in [4.78, 5) is 26.0. The van der Waals surface area contributed by atoms with Crippen LogP contribution in [0.3, 0.4) is 0 Å².